The molecule has 7 rings (SSSR count). The smallest absolute Gasteiger partial charge is 0.345 e. The lowest BCUT2D eigenvalue weighted by Gasteiger charge is -2.30. The largest absolute Gasteiger partial charge is 1.00 e. The Balaban J connectivity index is 0.00000448. The van der Waals surface area contributed by atoms with Gasteiger partial charge in [-0.05, 0) is 65.0 Å². The minimum Gasteiger partial charge on any atom is -1.00 e. The average Bonchev–Trinajstić information content (AvgIpc) is 3.29. The Morgan fingerprint density at radius 1 is 0.431 bits per heavy atom. The van der Waals surface area contributed by atoms with Crippen molar-refractivity contribution in [2.75, 3.05) is 0 Å². The van der Waals surface area contributed by atoms with E-state index in [1.165, 1.54) is 0 Å². The lowest BCUT2D eigenvalue weighted by molar-refractivity contribution is -0.147. The van der Waals surface area contributed by atoms with Crippen molar-refractivity contribution in [3.8, 4) is 0 Å². The standard InChI is InChI=1S/C43H32F5P2.BrH/c44-41-39(31-49(33-19-7-1-8-20-33,34-21-9-2-10-22-34)35-23-11-3-12-24-35)42(45,46)43(47,48)40(41)32-50(36-25-13-4-14-26-36,37-27-15-5-16-28-37)38-29-17-6-18-30-38;/h1-32H;1H/q+1;/p-1/b39-31-;. The van der Waals surface area contributed by atoms with Crippen LogP contribution in [0.15, 0.2) is 205 Å². The van der Waals surface area contributed by atoms with Crippen molar-refractivity contribution in [1.82, 2.24) is 0 Å². The molecule has 0 atom stereocenters. The van der Waals surface area contributed by atoms with Crippen LogP contribution in [0.2, 0.25) is 0 Å². The van der Waals surface area contributed by atoms with Crippen LogP contribution < -0.4 is 48.8 Å². The normalized spacial score (nSPS) is 16.1. The molecule has 0 saturated carbocycles. The molecule has 0 nitrogen and oxygen atoms in total. The van der Waals surface area contributed by atoms with Gasteiger partial charge in [-0.25, -0.2) is 4.39 Å². The van der Waals surface area contributed by atoms with Gasteiger partial charge in [0.2, 0.25) is 0 Å². The molecule has 0 unspecified atom stereocenters. The highest BCUT2D eigenvalue weighted by Crippen LogP contribution is 2.64. The Kier molecular flexibility index (Phi) is 10.5. The number of alkyl halides is 4. The van der Waals surface area contributed by atoms with Gasteiger partial charge >= 0.3 is 11.8 Å². The molecular weight excluding hydrogens is 753 g/mol. The summed E-state index contributed by atoms with van der Waals surface area (Å²) >= 11 is 0. The van der Waals surface area contributed by atoms with Crippen LogP contribution in [0.25, 0.3) is 0 Å². The molecule has 0 fully saturated rings. The van der Waals surface area contributed by atoms with Crippen LogP contribution in [-0.4, -0.2) is 17.6 Å². The molecule has 0 bridgehead atoms. The first-order valence-corrected chi connectivity index (χ1v) is 19.8. The zero-order valence-corrected chi connectivity index (χ0v) is 30.5. The maximum atomic E-state index is 17.3. The molecule has 256 valence electrons. The van der Waals surface area contributed by atoms with Crippen LogP contribution in [0.4, 0.5) is 22.0 Å². The highest BCUT2D eigenvalue weighted by Gasteiger charge is 2.69. The van der Waals surface area contributed by atoms with E-state index in [9.17, 15) is 0 Å². The maximum Gasteiger partial charge on any atom is 0.345 e. The van der Waals surface area contributed by atoms with Crippen molar-refractivity contribution in [2.24, 2.45) is 0 Å². The van der Waals surface area contributed by atoms with E-state index in [-0.39, 0.29) is 17.0 Å². The summed E-state index contributed by atoms with van der Waals surface area (Å²) in [5, 5.41) is 3.80. The number of allylic oxidation sites excluding steroid dienone is 3. The van der Waals surface area contributed by atoms with Gasteiger partial charge in [0.05, 0.1) is 17.0 Å². The summed E-state index contributed by atoms with van der Waals surface area (Å²) < 4.78 is 83.9. The van der Waals surface area contributed by atoms with Gasteiger partial charge < -0.3 is 17.0 Å². The summed E-state index contributed by atoms with van der Waals surface area (Å²) in [6.07, 6.45) is 0. The maximum absolute atomic E-state index is 17.3. The van der Waals surface area contributed by atoms with Crippen LogP contribution in [0, 0.1) is 0 Å². The van der Waals surface area contributed by atoms with Crippen molar-refractivity contribution in [2.45, 2.75) is 11.8 Å². The van der Waals surface area contributed by atoms with Crippen LogP contribution in [0.5, 0.6) is 0 Å². The topological polar surface area (TPSA) is 0 Å². The van der Waals surface area contributed by atoms with Gasteiger partial charge in [-0.1, -0.05) is 146 Å². The Bertz CT molecular complexity index is 2010. The lowest BCUT2D eigenvalue weighted by Crippen LogP contribution is -3.00. The first-order valence-electron chi connectivity index (χ1n) is 16.1. The SMILES string of the molecule is FC1=C(C=P(c2ccccc2)(c2ccccc2)c2ccccc2)C(F)(F)C(F)(F)/C1=C\[P+](c1ccccc1)(c1ccccc1)c1ccccc1.[Br-]. The summed E-state index contributed by atoms with van der Waals surface area (Å²) in [6.45, 7) is -3.28. The van der Waals surface area contributed by atoms with E-state index < -0.39 is 43.0 Å². The number of hydrogen-bond acceptors (Lipinski definition) is 0. The molecule has 6 aromatic carbocycles. The number of benzene rings is 6. The quantitative estimate of drug-likeness (QED) is 0.128. The molecule has 1 aliphatic rings. The van der Waals surface area contributed by atoms with Gasteiger partial charge in [0, 0.05) is 0 Å². The van der Waals surface area contributed by atoms with Gasteiger partial charge in [0.25, 0.3) is 0 Å². The first-order chi connectivity index (χ1) is 24.2. The number of halogens is 6. The average molecular weight is 786 g/mol. The van der Waals surface area contributed by atoms with E-state index in [0.29, 0.717) is 31.8 Å². The second-order valence-electron chi connectivity index (χ2n) is 12.0. The fourth-order valence-corrected chi connectivity index (χ4v) is 14.6. The van der Waals surface area contributed by atoms with E-state index in [0.717, 1.165) is 11.6 Å². The van der Waals surface area contributed by atoms with Crippen molar-refractivity contribution >= 4 is 51.8 Å². The Hall–Kier alpha value is -4.34. The fourth-order valence-electron chi connectivity index (χ4n) is 6.74. The summed E-state index contributed by atoms with van der Waals surface area (Å²) in [5.41, 5.74) is -2.60. The zero-order valence-electron chi connectivity index (χ0n) is 27.1. The van der Waals surface area contributed by atoms with Gasteiger partial charge in [-0.3, -0.25) is 0 Å². The third-order valence-corrected chi connectivity index (χ3v) is 17.1. The molecule has 0 heterocycles. The van der Waals surface area contributed by atoms with Gasteiger partial charge in [-0.2, -0.15) is 17.6 Å². The highest BCUT2D eigenvalue weighted by molar-refractivity contribution is 7.98. The summed E-state index contributed by atoms with van der Waals surface area (Å²) in [6, 6.07) is 53.6. The minimum atomic E-state index is -4.85. The van der Waals surface area contributed by atoms with Crippen LogP contribution >= 0.6 is 14.1 Å². The lowest BCUT2D eigenvalue weighted by atomic mass is 10.1. The summed E-state index contributed by atoms with van der Waals surface area (Å²) in [4.78, 5) is 0. The number of rotatable bonds is 8. The summed E-state index contributed by atoms with van der Waals surface area (Å²) in [7, 11) is -3.28. The predicted octanol–water partition coefficient (Wildman–Crippen LogP) is 6.17. The Morgan fingerprint density at radius 3 is 1.04 bits per heavy atom. The molecule has 8 heteroatoms. The van der Waals surface area contributed by atoms with Crippen molar-refractivity contribution < 1.29 is 38.9 Å². The van der Waals surface area contributed by atoms with E-state index in [2.05, 4.69) is 0 Å². The molecule has 0 spiro atoms. The van der Waals surface area contributed by atoms with Gasteiger partial charge in [0.1, 0.15) is 29.0 Å². The second kappa shape index (κ2) is 14.7. The van der Waals surface area contributed by atoms with Crippen molar-refractivity contribution in [1.29, 1.82) is 0 Å². The van der Waals surface area contributed by atoms with Crippen LogP contribution in [0.1, 0.15) is 0 Å². The molecule has 1 aliphatic carbocycles. The first kappa shape index (κ1) is 36.5. The van der Waals surface area contributed by atoms with Crippen molar-refractivity contribution in [3.63, 3.8) is 0 Å². The highest BCUT2D eigenvalue weighted by atomic mass is 79.9. The monoisotopic (exact) mass is 784 g/mol. The van der Waals surface area contributed by atoms with E-state index in [4.69, 9.17) is 0 Å². The molecule has 0 aliphatic heterocycles. The third-order valence-electron chi connectivity index (χ3n) is 9.17. The summed E-state index contributed by atoms with van der Waals surface area (Å²) in [5.74, 6) is -9.05. The molecule has 0 N–H and O–H groups in total. The molecule has 6 aromatic rings. The molecule has 51 heavy (non-hydrogen) atoms. The van der Waals surface area contributed by atoms with Crippen LogP contribution in [-0.2, 0) is 0 Å². The zero-order chi connectivity index (χ0) is 34.8. The minimum absolute atomic E-state index is 0. The van der Waals surface area contributed by atoms with E-state index in [1.54, 1.807) is 182 Å². The molecule has 0 aromatic heterocycles. The van der Waals surface area contributed by atoms with E-state index in [1.807, 2.05) is 0 Å². The van der Waals surface area contributed by atoms with Crippen LogP contribution in [0.3, 0.4) is 0 Å². The Labute approximate surface area is 306 Å². The van der Waals surface area contributed by atoms with Gasteiger partial charge in [0.15, 0.2) is 0 Å². The number of hydrogen-bond donors (Lipinski definition) is 0. The molecule has 0 radical (unpaired) electrons. The molecule has 0 saturated heterocycles. The van der Waals surface area contributed by atoms with Gasteiger partial charge in [-0.15, -0.1) is 0 Å². The van der Waals surface area contributed by atoms with Crippen molar-refractivity contribution in [3.05, 3.63) is 205 Å². The Morgan fingerprint density at radius 2 is 0.725 bits per heavy atom. The fraction of sp³-hybridized carbons (Fsp3) is 0.0465. The third kappa shape index (κ3) is 6.18. The predicted molar refractivity (Wildman–Crippen MR) is 202 cm³/mol. The second-order valence-corrected chi connectivity index (χ2v) is 18.5. The van der Waals surface area contributed by atoms with E-state index >= 15 is 22.0 Å². The molecule has 0 amide bonds. The molecular formula is C43H32BrF5P2.